The van der Waals surface area contributed by atoms with Crippen molar-refractivity contribution in [1.29, 1.82) is 0 Å². The summed E-state index contributed by atoms with van der Waals surface area (Å²) in [6, 6.07) is 8.35. The number of hydrogen-bond acceptors (Lipinski definition) is 4. The van der Waals surface area contributed by atoms with Gasteiger partial charge in [-0.15, -0.1) is 0 Å². The lowest BCUT2D eigenvalue weighted by atomic mass is 10.2. The molecule has 0 unspecified atom stereocenters. The number of rotatable bonds is 4. The van der Waals surface area contributed by atoms with Gasteiger partial charge in [0.1, 0.15) is 18.0 Å². The first-order chi connectivity index (χ1) is 11.2. The molecule has 1 amide bonds. The molecule has 0 radical (unpaired) electrons. The summed E-state index contributed by atoms with van der Waals surface area (Å²) in [6.45, 7) is 11.6. The van der Waals surface area contributed by atoms with Gasteiger partial charge in [0, 0.05) is 35.8 Å². The second-order valence-electron chi connectivity index (χ2n) is 7.12. The Morgan fingerprint density at radius 2 is 2.08 bits per heavy atom. The molecular formula is C18H27IN2O3. The molecule has 1 fully saturated rings. The normalized spacial score (nSPS) is 19.2. The van der Waals surface area contributed by atoms with Crippen molar-refractivity contribution < 1.29 is 14.3 Å². The summed E-state index contributed by atoms with van der Waals surface area (Å²) in [4.78, 5) is 16.3. The van der Waals surface area contributed by atoms with Gasteiger partial charge in [0.15, 0.2) is 0 Å². The second-order valence-corrected chi connectivity index (χ2v) is 8.36. The van der Waals surface area contributed by atoms with Crippen LogP contribution in [0, 0.1) is 3.57 Å². The Bertz CT molecular complexity index is 559. The van der Waals surface area contributed by atoms with Crippen molar-refractivity contribution in [3.8, 4) is 5.75 Å². The van der Waals surface area contributed by atoms with Crippen LogP contribution < -0.4 is 4.74 Å². The average Bonchev–Trinajstić information content (AvgIpc) is 2.47. The average molecular weight is 446 g/mol. The molecular weight excluding hydrogens is 419 g/mol. The lowest BCUT2D eigenvalue weighted by Crippen LogP contribution is -2.55. The first-order valence-electron chi connectivity index (χ1n) is 8.35. The van der Waals surface area contributed by atoms with Gasteiger partial charge in [0.25, 0.3) is 0 Å². The smallest absolute Gasteiger partial charge is 0.410 e. The quantitative estimate of drug-likeness (QED) is 0.663. The summed E-state index contributed by atoms with van der Waals surface area (Å²) in [5.74, 6) is 0.905. The van der Waals surface area contributed by atoms with Crippen molar-refractivity contribution in [2.24, 2.45) is 0 Å². The van der Waals surface area contributed by atoms with E-state index in [0.29, 0.717) is 25.7 Å². The number of halogens is 1. The molecule has 1 aromatic rings. The minimum absolute atomic E-state index is 0.218. The number of nitrogens with zero attached hydrogens (tertiary/aromatic N) is 2. The standard InChI is InChI=1S/C18H27IN2O3/c1-14-13-21(17(22)24-18(2,3)4)9-8-20(14)10-11-23-16-7-5-6-15(19)12-16/h5-7,12,14H,8-11,13H2,1-4H3/t14-/m1/s1. The maximum atomic E-state index is 12.2. The third-order valence-corrected chi connectivity index (χ3v) is 4.53. The third kappa shape index (κ3) is 6.12. The molecule has 1 aliphatic heterocycles. The van der Waals surface area contributed by atoms with Crippen molar-refractivity contribution in [2.45, 2.75) is 39.3 Å². The van der Waals surface area contributed by atoms with Gasteiger partial charge in [0.05, 0.1) is 0 Å². The molecule has 0 bridgehead atoms. The first-order valence-corrected chi connectivity index (χ1v) is 9.43. The van der Waals surface area contributed by atoms with E-state index in [1.165, 1.54) is 3.57 Å². The fourth-order valence-electron chi connectivity index (χ4n) is 2.66. The predicted octanol–water partition coefficient (Wildman–Crippen LogP) is 3.61. The minimum atomic E-state index is -0.446. The van der Waals surface area contributed by atoms with E-state index in [-0.39, 0.29) is 6.09 Å². The molecule has 1 atom stereocenters. The van der Waals surface area contributed by atoms with Gasteiger partial charge < -0.3 is 14.4 Å². The highest BCUT2D eigenvalue weighted by Crippen LogP contribution is 2.16. The summed E-state index contributed by atoms with van der Waals surface area (Å²) in [7, 11) is 0. The van der Waals surface area contributed by atoms with Crippen LogP contribution in [0.3, 0.4) is 0 Å². The summed E-state index contributed by atoms with van der Waals surface area (Å²) in [5, 5.41) is 0. The van der Waals surface area contributed by atoms with Gasteiger partial charge in [-0.1, -0.05) is 6.07 Å². The van der Waals surface area contributed by atoms with Crippen molar-refractivity contribution in [1.82, 2.24) is 9.80 Å². The van der Waals surface area contributed by atoms with Crippen molar-refractivity contribution in [3.63, 3.8) is 0 Å². The van der Waals surface area contributed by atoms with Crippen LogP contribution in [0.4, 0.5) is 4.79 Å². The van der Waals surface area contributed by atoms with Crippen LogP contribution in [0.1, 0.15) is 27.7 Å². The molecule has 6 heteroatoms. The van der Waals surface area contributed by atoms with Crippen molar-refractivity contribution >= 4 is 28.7 Å². The summed E-state index contributed by atoms with van der Waals surface area (Å²) in [5.41, 5.74) is -0.446. The highest BCUT2D eigenvalue weighted by atomic mass is 127. The van der Waals surface area contributed by atoms with E-state index < -0.39 is 5.60 Å². The van der Waals surface area contributed by atoms with Gasteiger partial charge in [-0.2, -0.15) is 0 Å². The van der Waals surface area contributed by atoms with Gasteiger partial charge in [-0.05, 0) is 68.5 Å². The van der Waals surface area contributed by atoms with Crippen LogP contribution >= 0.6 is 22.6 Å². The van der Waals surface area contributed by atoms with Crippen LogP contribution in [0.25, 0.3) is 0 Å². The lowest BCUT2D eigenvalue weighted by molar-refractivity contribution is 0.00430. The number of amides is 1. The molecule has 1 saturated heterocycles. The van der Waals surface area contributed by atoms with Crippen LogP contribution in [0.5, 0.6) is 5.75 Å². The van der Waals surface area contributed by atoms with Crippen LogP contribution in [0.15, 0.2) is 24.3 Å². The number of piperazine rings is 1. The van der Waals surface area contributed by atoms with E-state index in [4.69, 9.17) is 9.47 Å². The zero-order valence-corrected chi connectivity index (χ0v) is 17.1. The molecule has 0 saturated carbocycles. The molecule has 1 heterocycles. The van der Waals surface area contributed by atoms with E-state index in [0.717, 1.165) is 18.8 Å². The molecule has 5 nitrogen and oxygen atoms in total. The summed E-state index contributed by atoms with van der Waals surface area (Å²) >= 11 is 2.28. The summed E-state index contributed by atoms with van der Waals surface area (Å²) in [6.07, 6.45) is -0.218. The summed E-state index contributed by atoms with van der Waals surface area (Å²) < 4.78 is 12.5. The number of carbonyl (C=O) groups excluding carboxylic acids is 1. The Morgan fingerprint density at radius 1 is 1.33 bits per heavy atom. The monoisotopic (exact) mass is 446 g/mol. The molecule has 0 aromatic heterocycles. The van der Waals surface area contributed by atoms with E-state index in [9.17, 15) is 4.79 Å². The Labute approximate surface area is 158 Å². The zero-order valence-electron chi connectivity index (χ0n) is 14.9. The van der Waals surface area contributed by atoms with Gasteiger partial charge in [-0.25, -0.2) is 4.79 Å². The fraction of sp³-hybridized carbons (Fsp3) is 0.611. The molecule has 134 valence electrons. The van der Waals surface area contributed by atoms with Gasteiger partial charge in [0.2, 0.25) is 0 Å². The van der Waals surface area contributed by atoms with Crippen LogP contribution in [-0.2, 0) is 4.74 Å². The maximum absolute atomic E-state index is 12.2. The Morgan fingerprint density at radius 3 is 2.71 bits per heavy atom. The Hall–Kier alpha value is -1.02. The number of hydrogen-bond donors (Lipinski definition) is 0. The van der Waals surface area contributed by atoms with Crippen molar-refractivity contribution in [3.05, 3.63) is 27.8 Å². The lowest BCUT2D eigenvalue weighted by Gasteiger charge is -2.40. The van der Waals surface area contributed by atoms with Gasteiger partial charge >= 0.3 is 6.09 Å². The maximum Gasteiger partial charge on any atom is 0.410 e. The van der Waals surface area contributed by atoms with Gasteiger partial charge in [-0.3, -0.25) is 4.90 Å². The molecule has 0 N–H and O–H groups in total. The topological polar surface area (TPSA) is 42.0 Å². The van der Waals surface area contributed by atoms with Crippen LogP contribution in [-0.4, -0.2) is 60.3 Å². The van der Waals surface area contributed by atoms with E-state index in [1.807, 2.05) is 45.0 Å². The first kappa shape index (κ1) is 19.3. The van der Waals surface area contributed by atoms with E-state index >= 15 is 0 Å². The molecule has 1 aliphatic rings. The molecule has 0 spiro atoms. The van der Waals surface area contributed by atoms with E-state index in [1.54, 1.807) is 4.90 Å². The molecule has 1 aromatic carbocycles. The minimum Gasteiger partial charge on any atom is -0.492 e. The number of benzene rings is 1. The number of ether oxygens (including phenoxy) is 2. The highest BCUT2D eigenvalue weighted by Gasteiger charge is 2.29. The molecule has 2 rings (SSSR count). The second kappa shape index (κ2) is 8.38. The highest BCUT2D eigenvalue weighted by molar-refractivity contribution is 14.1. The molecule has 24 heavy (non-hydrogen) atoms. The number of carbonyl (C=O) groups is 1. The van der Waals surface area contributed by atoms with Crippen LogP contribution in [0.2, 0.25) is 0 Å². The Kier molecular flexibility index (Phi) is 6.74. The Balaban J connectivity index is 1.76. The predicted molar refractivity (Wildman–Crippen MR) is 103 cm³/mol. The molecule has 0 aliphatic carbocycles. The van der Waals surface area contributed by atoms with Crippen molar-refractivity contribution in [2.75, 3.05) is 32.8 Å². The van der Waals surface area contributed by atoms with E-state index in [2.05, 4.69) is 34.4 Å². The SMILES string of the molecule is C[C@@H]1CN(C(=O)OC(C)(C)C)CCN1CCOc1cccc(I)c1. The fourth-order valence-corrected chi connectivity index (χ4v) is 3.17. The largest absolute Gasteiger partial charge is 0.492 e. The zero-order chi connectivity index (χ0) is 17.7. The third-order valence-electron chi connectivity index (χ3n) is 3.86.